The smallest absolute Gasteiger partial charge is 0.270 e. The van der Waals surface area contributed by atoms with Gasteiger partial charge in [0.15, 0.2) is 4.32 Å². The summed E-state index contributed by atoms with van der Waals surface area (Å²) in [5.74, 6) is -0.300. The van der Waals surface area contributed by atoms with E-state index in [1.807, 2.05) is 0 Å². The van der Waals surface area contributed by atoms with Gasteiger partial charge in [-0.05, 0) is 48.0 Å². The number of carbonyl (C=O) groups excluding carboxylic acids is 1. The quantitative estimate of drug-likeness (QED) is 0.169. The number of nitro benzene ring substituents is 1. The van der Waals surface area contributed by atoms with Crippen LogP contribution in [-0.2, 0) is 11.4 Å². The van der Waals surface area contributed by atoms with E-state index >= 15 is 0 Å². The Kier molecular flexibility index (Phi) is 6.73. The molecule has 0 N–H and O–H groups in total. The minimum atomic E-state index is -0.511. The fourth-order valence-electron chi connectivity index (χ4n) is 3.08. The first-order chi connectivity index (χ1) is 15.8. The van der Waals surface area contributed by atoms with Crippen LogP contribution in [-0.4, -0.2) is 15.2 Å². The van der Waals surface area contributed by atoms with E-state index in [4.69, 9.17) is 28.6 Å². The van der Waals surface area contributed by atoms with Crippen LogP contribution in [0.3, 0.4) is 0 Å². The summed E-state index contributed by atoms with van der Waals surface area (Å²) in [7, 11) is 0. The molecule has 0 aromatic heterocycles. The van der Waals surface area contributed by atoms with Crippen molar-refractivity contribution in [1.82, 2.24) is 0 Å². The molecule has 1 heterocycles. The van der Waals surface area contributed by atoms with Crippen molar-refractivity contribution in [2.75, 3.05) is 4.90 Å². The number of benzene rings is 3. The van der Waals surface area contributed by atoms with Gasteiger partial charge < -0.3 is 4.74 Å². The van der Waals surface area contributed by atoms with Crippen LogP contribution in [0.1, 0.15) is 11.1 Å². The van der Waals surface area contributed by atoms with Crippen LogP contribution >= 0.6 is 35.6 Å². The van der Waals surface area contributed by atoms with E-state index < -0.39 is 10.7 Å². The second kappa shape index (κ2) is 9.70. The molecule has 0 unspecified atom stereocenters. The SMILES string of the molecule is O=C1/C(=C\c2cccc(OCc3c(F)cccc3Cl)c2)SC(=S)N1c1ccc([N+](=O)[O-])cc1. The number of amides is 1. The zero-order chi connectivity index (χ0) is 23.5. The maximum atomic E-state index is 14.0. The number of carbonyl (C=O) groups is 1. The number of thiocarbonyl (C=S) groups is 1. The minimum Gasteiger partial charge on any atom is -0.489 e. The number of halogens is 2. The van der Waals surface area contributed by atoms with Crippen molar-refractivity contribution in [2.45, 2.75) is 6.61 Å². The number of anilines is 1. The van der Waals surface area contributed by atoms with Crippen molar-refractivity contribution in [1.29, 1.82) is 0 Å². The molecule has 33 heavy (non-hydrogen) atoms. The third-order valence-electron chi connectivity index (χ3n) is 4.71. The largest absolute Gasteiger partial charge is 0.489 e. The molecule has 0 radical (unpaired) electrons. The standard InChI is InChI=1S/C23H14ClFN2O4S2/c24-19-5-2-6-20(25)18(19)13-31-17-4-1-3-14(11-17)12-21-22(28)26(23(32)33-21)15-7-9-16(10-8-15)27(29)30/h1-12H,13H2/b21-12+. The highest BCUT2D eigenvalue weighted by molar-refractivity contribution is 8.27. The molecule has 3 aromatic carbocycles. The van der Waals surface area contributed by atoms with Crippen LogP contribution in [0.25, 0.3) is 6.08 Å². The maximum absolute atomic E-state index is 14.0. The summed E-state index contributed by atoms with van der Waals surface area (Å²) in [6.45, 7) is -0.0444. The lowest BCUT2D eigenvalue weighted by Gasteiger charge is -2.14. The zero-order valence-electron chi connectivity index (χ0n) is 16.7. The molecule has 0 bridgehead atoms. The summed E-state index contributed by atoms with van der Waals surface area (Å²) in [6, 6.07) is 17.0. The highest BCUT2D eigenvalue weighted by Crippen LogP contribution is 2.36. The lowest BCUT2D eigenvalue weighted by Crippen LogP contribution is -2.27. The van der Waals surface area contributed by atoms with Crippen LogP contribution < -0.4 is 9.64 Å². The van der Waals surface area contributed by atoms with E-state index in [0.717, 1.165) is 11.8 Å². The van der Waals surface area contributed by atoms with Gasteiger partial charge in [-0.1, -0.05) is 53.8 Å². The van der Waals surface area contributed by atoms with Gasteiger partial charge in [-0.2, -0.15) is 0 Å². The molecule has 166 valence electrons. The molecule has 1 aliphatic rings. The summed E-state index contributed by atoms with van der Waals surface area (Å²) >= 11 is 12.5. The molecule has 10 heteroatoms. The fourth-order valence-corrected chi connectivity index (χ4v) is 4.60. The molecule has 4 rings (SSSR count). The molecule has 0 saturated carbocycles. The number of ether oxygens (including phenoxy) is 1. The number of nitro groups is 1. The summed E-state index contributed by atoms with van der Waals surface area (Å²) in [4.78, 5) is 25.0. The predicted octanol–water partition coefficient (Wildman–Crippen LogP) is 6.37. The molecule has 1 saturated heterocycles. The lowest BCUT2D eigenvalue weighted by atomic mass is 10.2. The second-order valence-corrected chi connectivity index (χ2v) is 8.93. The Morgan fingerprint density at radius 3 is 2.58 bits per heavy atom. The second-order valence-electron chi connectivity index (χ2n) is 6.85. The van der Waals surface area contributed by atoms with Crippen molar-refractivity contribution >= 4 is 63.3 Å². The third-order valence-corrected chi connectivity index (χ3v) is 6.37. The molecule has 6 nitrogen and oxygen atoms in total. The third kappa shape index (κ3) is 5.05. The monoisotopic (exact) mass is 500 g/mol. The van der Waals surface area contributed by atoms with Gasteiger partial charge in [-0.3, -0.25) is 19.8 Å². The summed E-state index contributed by atoms with van der Waals surface area (Å²) in [5, 5.41) is 11.1. The summed E-state index contributed by atoms with van der Waals surface area (Å²) in [6.07, 6.45) is 1.67. The van der Waals surface area contributed by atoms with Gasteiger partial charge in [-0.15, -0.1) is 0 Å². The Hall–Kier alpha value is -3.27. The normalized spacial score (nSPS) is 14.7. The average Bonchev–Trinajstić information content (AvgIpc) is 3.06. The molecule has 1 amide bonds. The van der Waals surface area contributed by atoms with Crippen molar-refractivity contribution < 1.29 is 18.8 Å². The lowest BCUT2D eigenvalue weighted by molar-refractivity contribution is -0.384. The van der Waals surface area contributed by atoms with Crippen molar-refractivity contribution in [3.63, 3.8) is 0 Å². The van der Waals surface area contributed by atoms with Crippen LogP contribution in [0.2, 0.25) is 5.02 Å². The van der Waals surface area contributed by atoms with E-state index in [1.165, 1.54) is 41.3 Å². The Morgan fingerprint density at radius 2 is 1.88 bits per heavy atom. The van der Waals surface area contributed by atoms with E-state index in [-0.39, 0.29) is 28.8 Å². The highest BCUT2D eigenvalue weighted by Gasteiger charge is 2.33. The van der Waals surface area contributed by atoms with Crippen molar-refractivity contribution in [3.05, 3.63) is 104 Å². The molecule has 0 atom stereocenters. The molecule has 0 spiro atoms. The Bertz CT molecular complexity index is 1280. The van der Waals surface area contributed by atoms with Gasteiger partial charge in [0.05, 0.1) is 20.5 Å². The van der Waals surface area contributed by atoms with Crippen LogP contribution in [0.5, 0.6) is 5.75 Å². The number of non-ortho nitro benzene ring substituents is 1. The highest BCUT2D eigenvalue weighted by atomic mass is 35.5. The number of thioether (sulfide) groups is 1. The topological polar surface area (TPSA) is 72.7 Å². The van der Waals surface area contributed by atoms with E-state index in [2.05, 4.69) is 0 Å². The van der Waals surface area contributed by atoms with Gasteiger partial charge in [0.1, 0.15) is 18.2 Å². The molecule has 1 aliphatic heterocycles. The van der Waals surface area contributed by atoms with Gasteiger partial charge in [0.2, 0.25) is 0 Å². The molecule has 3 aromatic rings. The first-order valence-electron chi connectivity index (χ1n) is 9.51. The van der Waals surface area contributed by atoms with E-state index in [9.17, 15) is 19.3 Å². The molecular formula is C23H14ClFN2O4S2. The number of nitrogens with zero attached hydrogens (tertiary/aromatic N) is 2. The summed E-state index contributed by atoms with van der Waals surface area (Å²) in [5.41, 5.74) is 1.32. The van der Waals surface area contributed by atoms with Gasteiger partial charge in [0, 0.05) is 17.7 Å². The van der Waals surface area contributed by atoms with Gasteiger partial charge in [0.25, 0.3) is 11.6 Å². The molecule has 0 aliphatic carbocycles. The molecule has 1 fully saturated rings. The molecular weight excluding hydrogens is 487 g/mol. The van der Waals surface area contributed by atoms with Crippen LogP contribution in [0.15, 0.2) is 71.6 Å². The Balaban J connectivity index is 1.51. The van der Waals surface area contributed by atoms with Gasteiger partial charge in [-0.25, -0.2) is 4.39 Å². The zero-order valence-corrected chi connectivity index (χ0v) is 19.1. The van der Waals surface area contributed by atoms with Gasteiger partial charge >= 0.3 is 0 Å². The number of hydrogen-bond acceptors (Lipinski definition) is 6. The first-order valence-corrected chi connectivity index (χ1v) is 11.1. The number of hydrogen-bond donors (Lipinski definition) is 0. The minimum absolute atomic E-state index is 0.0444. The van der Waals surface area contributed by atoms with Crippen molar-refractivity contribution in [3.8, 4) is 5.75 Å². The predicted molar refractivity (Wildman–Crippen MR) is 131 cm³/mol. The Labute approximate surface area is 202 Å². The van der Waals surface area contributed by atoms with E-state index in [0.29, 0.717) is 26.2 Å². The number of rotatable bonds is 6. The van der Waals surface area contributed by atoms with Crippen LogP contribution in [0.4, 0.5) is 15.8 Å². The van der Waals surface area contributed by atoms with Crippen LogP contribution in [0, 0.1) is 15.9 Å². The van der Waals surface area contributed by atoms with Crippen molar-refractivity contribution in [2.24, 2.45) is 0 Å². The summed E-state index contributed by atoms with van der Waals surface area (Å²) < 4.78 is 20.0. The maximum Gasteiger partial charge on any atom is 0.270 e. The average molecular weight is 501 g/mol. The van der Waals surface area contributed by atoms with E-state index in [1.54, 1.807) is 36.4 Å². The Morgan fingerprint density at radius 1 is 1.15 bits per heavy atom. The first kappa shape index (κ1) is 22.9. The fraction of sp³-hybridized carbons (Fsp3) is 0.0435.